The summed E-state index contributed by atoms with van der Waals surface area (Å²) in [5.74, 6) is 0. The summed E-state index contributed by atoms with van der Waals surface area (Å²) in [6.45, 7) is 7.31. The van der Waals surface area contributed by atoms with Gasteiger partial charge in [0.2, 0.25) is 0 Å². The second kappa shape index (κ2) is 13.4. The van der Waals surface area contributed by atoms with Crippen molar-refractivity contribution in [3.63, 3.8) is 0 Å². The Labute approximate surface area is 302 Å². The Morgan fingerprint density at radius 1 is 0.333 bits per heavy atom. The lowest BCUT2D eigenvalue weighted by atomic mass is 9.90. The van der Waals surface area contributed by atoms with Gasteiger partial charge in [-0.05, 0) is 67.2 Å². The highest BCUT2D eigenvalue weighted by atomic mass is 28.3. The summed E-state index contributed by atoms with van der Waals surface area (Å²) in [5, 5.41) is 3.79. The summed E-state index contributed by atoms with van der Waals surface area (Å²) in [5.41, 5.74) is 11.0. The zero-order chi connectivity index (χ0) is 34.8. The Kier molecular flexibility index (Phi) is 8.51. The summed E-state index contributed by atoms with van der Waals surface area (Å²) in [7, 11) is -3.06. The number of hydrogen-bond donors (Lipinski definition) is 0. The van der Waals surface area contributed by atoms with E-state index < -0.39 is 8.07 Å². The molecule has 0 N–H and O–H groups in total. The molecule has 0 amide bonds. The van der Waals surface area contributed by atoms with E-state index in [0.717, 1.165) is 33.9 Å². The summed E-state index contributed by atoms with van der Waals surface area (Å²) >= 11 is 0. The number of allylic oxidation sites excluding steroid dienone is 2. The van der Waals surface area contributed by atoms with Gasteiger partial charge in [0.1, 0.15) is 0 Å². The lowest BCUT2D eigenvalue weighted by Crippen LogP contribution is -2.56. The van der Waals surface area contributed by atoms with Crippen LogP contribution in [0.25, 0.3) is 44.1 Å². The number of hydrogen-bond acceptors (Lipinski definition) is 2. The molecule has 246 valence electrons. The van der Waals surface area contributed by atoms with Crippen molar-refractivity contribution in [2.45, 2.75) is 25.8 Å². The molecule has 3 heterocycles. The SMILES string of the molecule is CC(C)(C)[Si]1(c2ccccc2)C(c2cccc(-c3ccccc3)n2)=C(c2ccccc2)C(c2ccccc2)=C1c1cccc(-c2ccccc2)n1. The summed E-state index contributed by atoms with van der Waals surface area (Å²) < 4.78 is 0. The first kappa shape index (κ1) is 32.3. The highest BCUT2D eigenvalue weighted by Crippen LogP contribution is 2.62. The number of pyridine rings is 2. The van der Waals surface area contributed by atoms with Crippen LogP contribution in [-0.2, 0) is 0 Å². The van der Waals surface area contributed by atoms with Crippen molar-refractivity contribution in [2.75, 3.05) is 0 Å². The Hall–Kier alpha value is -5.90. The average molecular weight is 673 g/mol. The molecular formula is C48H40N2Si. The molecule has 0 spiro atoms. The van der Waals surface area contributed by atoms with Crippen molar-refractivity contribution < 1.29 is 0 Å². The number of nitrogens with zero attached hydrogens (tertiary/aromatic N) is 2. The van der Waals surface area contributed by atoms with Gasteiger partial charge in [-0.2, -0.15) is 0 Å². The molecule has 1 aliphatic rings. The minimum atomic E-state index is -3.06. The van der Waals surface area contributed by atoms with E-state index in [4.69, 9.17) is 9.97 Å². The highest BCUT2D eigenvalue weighted by molar-refractivity contribution is 7.23. The first-order chi connectivity index (χ1) is 25.0. The van der Waals surface area contributed by atoms with E-state index in [0.29, 0.717) is 0 Å². The molecule has 0 atom stereocenters. The van der Waals surface area contributed by atoms with Gasteiger partial charge in [0.05, 0.1) is 22.8 Å². The monoisotopic (exact) mass is 672 g/mol. The van der Waals surface area contributed by atoms with Gasteiger partial charge in [0.25, 0.3) is 0 Å². The van der Waals surface area contributed by atoms with Gasteiger partial charge in [-0.25, -0.2) is 9.97 Å². The maximum absolute atomic E-state index is 5.59. The number of aromatic nitrogens is 2. The van der Waals surface area contributed by atoms with Crippen molar-refractivity contribution >= 4 is 34.8 Å². The van der Waals surface area contributed by atoms with Crippen LogP contribution in [0.1, 0.15) is 43.3 Å². The third kappa shape index (κ3) is 5.70. The summed E-state index contributed by atoms with van der Waals surface area (Å²) in [4.78, 5) is 11.2. The molecular weight excluding hydrogens is 633 g/mol. The first-order valence-corrected chi connectivity index (χ1v) is 19.7. The van der Waals surface area contributed by atoms with Gasteiger partial charge < -0.3 is 0 Å². The average Bonchev–Trinajstić information content (AvgIpc) is 3.53. The number of rotatable bonds is 7. The van der Waals surface area contributed by atoms with Crippen LogP contribution < -0.4 is 5.19 Å². The third-order valence-corrected chi connectivity index (χ3v) is 16.1. The van der Waals surface area contributed by atoms with E-state index in [1.807, 2.05) is 0 Å². The second-order valence-corrected chi connectivity index (χ2v) is 18.7. The summed E-state index contributed by atoms with van der Waals surface area (Å²) in [6, 6.07) is 67.4. The van der Waals surface area contributed by atoms with E-state index in [1.54, 1.807) is 0 Å². The highest BCUT2D eigenvalue weighted by Gasteiger charge is 2.59. The van der Waals surface area contributed by atoms with Crippen LogP contribution in [0.5, 0.6) is 0 Å². The number of benzene rings is 5. The fourth-order valence-corrected chi connectivity index (χ4v) is 14.2. The van der Waals surface area contributed by atoms with Crippen LogP contribution in [0, 0.1) is 0 Å². The quantitative estimate of drug-likeness (QED) is 0.158. The summed E-state index contributed by atoms with van der Waals surface area (Å²) in [6.07, 6.45) is 0. The van der Waals surface area contributed by atoms with Gasteiger partial charge in [0, 0.05) is 11.1 Å². The third-order valence-electron chi connectivity index (χ3n) is 10.1. The second-order valence-electron chi connectivity index (χ2n) is 14.1. The molecule has 5 aromatic carbocycles. The van der Waals surface area contributed by atoms with E-state index in [2.05, 4.69) is 209 Å². The van der Waals surface area contributed by atoms with E-state index in [-0.39, 0.29) is 5.04 Å². The van der Waals surface area contributed by atoms with Gasteiger partial charge in [0.15, 0.2) is 8.07 Å². The predicted octanol–water partition coefficient (Wildman–Crippen LogP) is 11.6. The van der Waals surface area contributed by atoms with E-state index >= 15 is 0 Å². The molecule has 0 saturated heterocycles. The smallest absolute Gasteiger partial charge is 0.160 e. The van der Waals surface area contributed by atoms with Crippen LogP contribution in [0.4, 0.5) is 0 Å². The van der Waals surface area contributed by atoms with Gasteiger partial charge in [-0.3, -0.25) is 0 Å². The Balaban J connectivity index is 1.57. The minimum Gasteiger partial charge on any atom is -0.248 e. The largest absolute Gasteiger partial charge is 0.248 e. The van der Waals surface area contributed by atoms with Crippen molar-refractivity contribution in [1.82, 2.24) is 9.97 Å². The fourth-order valence-electron chi connectivity index (χ4n) is 8.02. The predicted molar refractivity (Wildman–Crippen MR) is 217 cm³/mol. The minimum absolute atomic E-state index is 0.204. The van der Waals surface area contributed by atoms with Gasteiger partial charge in [-0.15, -0.1) is 0 Å². The molecule has 0 saturated carbocycles. The van der Waals surface area contributed by atoms with Crippen LogP contribution in [0.3, 0.4) is 0 Å². The zero-order valence-electron chi connectivity index (χ0n) is 29.3. The topological polar surface area (TPSA) is 25.8 Å². The van der Waals surface area contributed by atoms with Gasteiger partial charge >= 0.3 is 0 Å². The molecule has 0 bridgehead atoms. The molecule has 1 aliphatic heterocycles. The normalized spacial score (nSPS) is 14.2. The van der Waals surface area contributed by atoms with Crippen LogP contribution in [-0.4, -0.2) is 18.0 Å². The van der Waals surface area contributed by atoms with E-state index in [9.17, 15) is 0 Å². The lowest BCUT2D eigenvalue weighted by molar-refractivity contribution is 0.741. The molecule has 7 aromatic rings. The van der Waals surface area contributed by atoms with Crippen molar-refractivity contribution in [1.29, 1.82) is 0 Å². The molecule has 2 nitrogen and oxygen atoms in total. The molecule has 0 aliphatic carbocycles. The van der Waals surface area contributed by atoms with Crippen molar-refractivity contribution in [3.05, 3.63) is 211 Å². The van der Waals surface area contributed by atoms with Crippen molar-refractivity contribution in [3.8, 4) is 22.5 Å². The van der Waals surface area contributed by atoms with Crippen LogP contribution in [0.2, 0.25) is 5.04 Å². The molecule has 0 radical (unpaired) electrons. The first-order valence-electron chi connectivity index (χ1n) is 17.7. The molecule has 51 heavy (non-hydrogen) atoms. The molecule has 2 aromatic heterocycles. The molecule has 3 heteroatoms. The lowest BCUT2D eigenvalue weighted by Gasteiger charge is -2.45. The maximum Gasteiger partial charge on any atom is 0.160 e. The Morgan fingerprint density at radius 3 is 1.00 bits per heavy atom. The van der Waals surface area contributed by atoms with Crippen LogP contribution >= 0.6 is 0 Å². The van der Waals surface area contributed by atoms with Crippen LogP contribution in [0.15, 0.2) is 188 Å². The molecule has 8 rings (SSSR count). The molecule has 0 unspecified atom stereocenters. The molecule has 0 fully saturated rings. The standard InChI is InChI=1S/C48H40N2Si/c1-48(2,3)51(39-29-17-8-18-30-39)46(42-33-19-31-40(49-42)35-21-9-4-10-22-35)44(37-25-13-6-14-26-37)45(38-27-15-7-16-28-38)47(51)43-34-20-32-41(50-43)36-23-11-5-12-24-36/h4-34H,1-3H3. The van der Waals surface area contributed by atoms with E-state index in [1.165, 1.54) is 37.9 Å². The van der Waals surface area contributed by atoms with Gasteiger partial charge in [-0.1, -0.05) is 185 Å². The van der Waals surface area contributed by atoms with Crippen molar-refractivity contribution in [2.24, 2.45) is 0 Å². The Morgan fingerprint density at radius 2 is 0.647 bits per heavy atom. The fraction of sp³-hybridized carbons (Fsp3) is 0.0833. The zero-order valence-corrected chi connectivity index (χ0v) is 30.3. The Bertz CT molecular complexity index is 2220. The maximum atomic E-state index is 5.59.